The van der Waals surface area contributed by atoms with Gasteiger partial charge >= 0.3 is 0 Å². The SMILES string of the molecule is C[C@]12C(=O)N(CCCN3C(=O)[C@@]4(C)C5CCC(O5)[C@@]4(C)C3=O)C(=O)C1C1CCC2O1. The lowest BCUT2D eigenvalue weighted by Crippen LogP contribution is -2.48. The second-order valence-corrected chi connectivity index (χ2v) is 10.5. The van der Waals surface area contributed by atoms with Gasteiger partial charge in [-0.2, -0.15) is 0 Å². The molecule has 4 bridgehead atoms. The Morgan fingerprint density at radius 2 is 1.33 bits per heavy atom. The summed E-state index contributed by atoms with van der Waals surface area (Å²) in [6.07, 6.45) is 2.93. The Labute approximate surface area is 175 Å². The van der Waals surface area contributed by atoms with Crippen molar-refractivity contribution in [2.45, 2.75) is 77.3 Å². The van der Waals surface area contributed by atoms with Crippen LogP contribution < -0.4 is 0 Å². The van der Waals surface area contributed by atoms with Crippen LogP contribution in [0.5, 0.6) is 0 Å². The molecular formula is C22H28N2O6. The molecule has 162 valence electrons. The summed E-state index contributed by atoms with van der Waals surface area (Å²) >= 11 is 0. The van der Waals surface area contributed by atoms with Gasteiger partial charge in [-0.1, -0.05) is 0 Å². The van der Waals surface area contributed by atoms with Gasteiger partial charge in [-0.15, -0.1) is 0 Å². The Balaban J connectivity index is 1.17. The van der Waals surface area contributed by atoms with Gasteiger partial charge in [-0.05, 0) is 52.9 Å². The number of hydrogen-bond donors (Lipinski definition) is 0. The molecule has 6 aliphatic rings. The van der Waals surface area contributed by atoms with E-state index in [1.165, 1.54) is 9.80 Å². The molecule has 6 heterocycles. The van der Waals surface area contributed by atoms with Crippen LogP contribution in [0.3, 0.4) is 0 Å². The summed E-state index contributed by atoms with van der Waals surface area (Å²) < 4.78 is 11.8. The van der Waals surface area contributed by atoms with E-state index in [2.05, 4.69) is 0 Å². The zero-order valence-electron chi connectivity index (χ0n) is 17.7. The van der Waals surface area contributed by atoms with Gasteiger partial charge in [-0.3, -0.25) is 29.0 Å². The summed E-state index contributed by atoms with van der Waals surface area (Å²) in [5, 5.41) is 0. The minimum atomic E-state index is -0.812. The van der Waals surface area contributed by atoms with Gasteiger partial charge in [0.25, 0.3) is 0 Å². The number of rotatable bonds is 4. The first-order valence-electron chi connectivity index (χ1n) is 11.2. The van der Waals surface area contributed by atoms with Crippen LogP contribution >= 0.6 is 0 Å². The second-order valence-electron chi connectivity index (χ2n) is 10.5. The van der Waals surface area contributed by atoms with Gasteiger partial charge in [0, 0.05) is 13.1 Å². The Bertz CT molecular complexity index is 870. The van der Waals surface area contributed by atoms with Crippen molar-refractivity contribution in [2.75, 3.05) is 13.1 Å². The lowest BCUT2D eigenvalue weighted by Gasteiger charge is -2.36. The number of likely N-dealkylation sites (tertiary alicyclic amines) is 2. The molecular weight excluding hydrogens is 388 g/mol. The molecule has 6 aliphatic heterocycles. The van der Waals surface area contributed by atoms with E-state index < -0.39 is 16.2 Å². The molecule has 0 aromatic rings. The highest BCUT2D eigenvalue weighted by Crippen LogP contribution is 2.64. The number of nitrogens with zero attached hydrogens (tertiary/aromatic N) is 2. The molecule has 0 aliphatic carbocycles. The maximum atomic E-state index is 13.2. The second kappa shape index (κ2) is 5.51. The lowest BCUT2D eigenvalue weighted by molar-refractivity contribution is -0.145. The number of fused-ring (bicyclic) bond motifs is 10. The van der Waals surface area contributed by atoms with Crippen molar-refractivity contribution in [1.82, 2.24) is 9.80 Å². The average Bonchev–Trinajstić information content (AvgIpc) is 3.52. The van der Waals surface area contributed by atoms with Crippen molar-refractivity contribution in [3.8, 4) is 0 Å². The van der Waals surface area contributed by atoms with E-state index in [0.717, 1.165) is 25.7 Å². The molecule has 0 N–H and O–H groups in total. The first kappa shape index (κ1) is 18.9. The molecule has 0 radical (unpaired) electrons. The molecule has 6 saturated heterocycles. The molecule has 6 rings (SSSR count). The molecule has 0 saturated carbocycles. The van der Waals surface area contributed by atoms with E-state index in [-0.39, 0.29) is 67.1 Å². The van der Waals surface area contributed by atoms with Crippen LogP contribution in [0, 0.1) is 22.2 Å². The Morgan fingerprint density at radius 1 is 0.767 bits per heavy atom. The lowest BCUT2D eigenvalue weighted by atomic mass is 9.59. The fourth-order valence-electron chi connectivity index (χ4n) is 7.51. The van der Waals surface area contributed by atoms with Crippen LogP contribution in [0.1, 0.15) is 52.9 Å². The number of imide groups is 2. The third-order valence-electron chi connectivity index (χ3n) is 9.51. The number of ether oxygens (including phenoxy) is 2. The third-order valence-corrected chi connectivity index (χ3v) is 9.51. The molecule has 8 nitrogen and oxygen atoms in total. The van der Waals surface area contributed by atoms with E-state index >= 15 is 0 Å². The molecule has 8 heteroatoms. The van der Waals surface area contributed by atoms with E-state index in [4.69, 9.17) is 9.47 Å². The molecule has 0 aromatic carbocycles. The van der Waals surface area contributed by atoms with Gasteiger partial charge in [0.2, 0.25) is 23.6 Å². The summed E-state index contributed by atoms with van der Waals surface area (Å²) in [5.41, 5.74) is -2.38. The van der Waals surface area contributed by atoms with Crippen LogP contribution in [-0.2, 0) is 28.7 Å². The number of carbonyl (C=O) groups is 4. The summed E-state index contributed by atoms with van der Waals surface area (Å²) in [4.78, 5) is 55.2. The highest BCUT2D eigenvalue weighted by molar-refractivity contribution is 6.11. The highest BCUT2D eigenvalue weighted by atomic mass is 16.5. The number of carbonyl (C=O) groups excluding carboxylic acids is 4. The highest BCUT2D eigenvalue weighted by Gasteiger charge is 2.77. The van der Waals surface area contributed by atoms with Crippen molar-refractivity contribution in [3.63, 3.8) is 0 Å². The van der Waals surface area contributed by atoms with Crippen LogP contribution in [0.4, 0.5) is 0 Å². The summed E-state index contributed by atoms with van der Waals surface area (Å²) in [6.45, 7) is 6.04. The van der Waals surface area contributed by atoms with E-state index in [1.807, 2.05) is 20.8 Å². The van der Waals surface area contributed by atoms with Crippen LogP contribution in [0.25, 0.3) is 0 Å². The molecule has 5 unspecified atom stereocenters. The largest absolute Gasteiger partial charge is 0.373 e. The first-order chi connectivity index (χ1) is 14.2. The summed E-state index contributed by atoms with van der Waals surface area (Å²) in [6, 6.07) is 0. The van der Waals surface area contributed by atoms with E-state index in [9.17, 15) is 19.2 Å². The number of hydrogen-bond acceptors (Lipinski definition) is 6. The monoisotopic (exact) mass is 416 g/mol. The Hall–Kier alpha value is -1.80. The molecule has 30 heavy (non-hydrogen) atoms. The van der Waals surface area contributed by atoms with Gasteiger partial charge in [0.1, 0.15) is 0 Å². The minimum absolute atomic E-state index is 0.155. The summed E-state index contributed by atoms with van der Waals surface area (Å²) in [5.74, 6) is -1.04. The predicted molar refractivity (Wildman–Crippen MR) is 102 cm³/mol. The zero-order chi connectivity index (χ0) is 21.2. The molecule has 6 fully saturated rings. The molecule has 8 atom stereocenters. The van der Waals surface area contributed by atoms with Crippen molar-refractivity contribution in [3.05, 3.63) is 0 Å². The number of amides is 4. The average molecular weight is 416 g/mol. The molecule has 0 spiro atoms. The van der Waals surface area contributed by atoms with Gasteiger partial charge in [-0.25, -0.2) is 0 Å². The van der Waals surface area contributed by atoms with Crippen LogP contribution in [0.15, 0.2) is 0 Å². The van der Waals surface area contributed by atoms with Crippen molar-refractivity contribution < 1.29 is 28.7 Å². The fraction of sp³-hybridized carbons (Fsp3) is 0.818. The minimum Gasteiger partial charge on any atom is -0.373 e. The maximum absolute atomic E-state index is 13.2. The maximum Gasteiger partial charge on any atom is 0.238 e. The van der Waals surface area contributed by atoms with Gasteiger partial charge in [0.05, 0.1) is 46.6 Å². The van der Waals surface area contributed by atoms with Gasteiger partial charge < -0.3 is 9.47 Å². The predicted octanol–water partition coefficient (Wildman–Crippen LogP) is 0.872. The van der Waals surface area contributed by atoms with E-state index in [1.54, 1.807) is 0 Å². The third kappa shape index (κ3) is 1.76. The van der Waals surface area contributed by atoms with Crippen LogP contribution in [0.2, 0.25) is 0 Å². The Kier molecular flexibility index (Phi) is 3.48. The molecule has 0 aromatic heterocycles. The smallest absolute Gasteiger partial charge is 0.238 e. The zero-order valence-corrected chi connectivity index (χ0v) is 17.7. The van der Waals surface area contributed by atoms with Crippen LogP contribution in [-0.4, -0.2) is 70.9 Å². The van der Waals surface area contributed by atoms with Crippen molar-refractivity contribution in [1.29, 1.82) is 0 Å². The topological polar surface area (TPSA) is 93.2 Å². The summed E-state index contributed by atoms with van der Waals surface area (Å²) in [7, 11) is 0. The molecule has 4 amide bonds. The fourth-order valence-corrected chi connectivity index (χ4v) is 7.51. The normalized spacial score (nSPS) is 51.0. The van der Waals surface area contributed by atoms with Crippen molar-refractivity contribution in [2.24, 2.45) is 22.2 Å². The van der Waals surface area contributed by atoms with Gasteiger partial charge in [0.15, 0.2) is 0 Å². The van der Waals surface area contributed by atoms with Crippen molar-refractivity contribution >= 4 is 23.6 Å². The Morgan fingerprint density at radius 3 is 1.93 bits per heavy atom. The van der Waals surface area contributed by atoms with E-state index in [0.29, 0.717) is 6.42 Å². The first-order valence-corrected chi connectivity index (χ1v) is 11.2. The standard InChI is InChI=1S/C22H28N2O6/c1-20-12-6-5-11(29-12)15(20)16(25)23(17(20)26)9-4-10-24-18(27)21(2)13-7-8-14(30-13)22(21,3)19(24)28/h11-15H,4-10H2,1-3H3/t11?,12?,13?,14?,15?,20-,21-,22+/m1/s1. The quantitative estimate of drug-likeness (QED) is 0.632.